The molecular formula is C45H24BClF24N2O2. The van der Waals surface area contributed by atoms with Crippen molar-refractivity contribution < 1.29 is 119 Å². The fourth-order valence-corrected chi connectivity index (χ4v) is 7.70. The number of rotatable bonds is 9. The number of aromatic nitrogens is 2. The van der Waals surface area contributed by atoms with Gasteiger partial charge in [-0.15, -0.1) is 0 Å². The van der Waals surface area contributed by atoms with Gasteiger partial charge in [-0.2, -0.15) is 132 Å². The second-order valence-corrected chi connectivity index (χ2v) is 16.1. The van der Waals surface area contributed by atoms with Gasteiger partial charge in [0, 0.05) is 5.56 Å². The molecule has 5 aromatic carbocycles. The zero-order valence-corrected chi connectivity index (χ0v) is 37.0. The van der Waals surface area contributed by atoms with Crippen molar-refractivity contribution in [2.45, 2.75) is 56.0 Å². The molecule has 0 saturated carbocycles. The Morgan fingerprint density at radius 3 is 0.947 bits per heavy atom. The van der Waals surface area contributed by atoms with E-state index in [1.807, 2.05) is 18.2 Å². The fourth-order valence-electron chi connectivity index (χ4n) is 7.59. The maximum Gasteiger partial charge on any atom is 0.416 e. The Balaban J connectivity index is 0.000000483. The lowest BCUT2D eigenvalue weighted by atomic mass is 9.12. The second-order valence-electron chi connectivity index (χ2n) is 15.8. The Labute approximate surface area is 409 Å². The monoisotopic (exact) mass is 1130 g/mol. The molecule has 4 nitrogen and oxygen atoms in total. The molecule has 6 rings (SSSR count). The molecule has 0 aliphatic carbocycles. The highest BCUT2D eigenvalue weighted by molar-refractivity contribution is 7.20. The van der Waals surface area contributed by atoms with Gasteiger partial charge in [0.2, 0.25) is 18.5 Å². The molecular weight excluding hydrogens is 1100 g/mol. The minimum absolute atomic E-state index is 0.0311. The largest absolute Gasteiger partial charge is 0.457 e. The molecule has 1 heterocycles. The first kappa shape index (κ1) is 59.2. The van der Waals surface area contributed by atoms with Crippen LogP contribution >= 0.6 is 11.6 Å². The van der Waals surface area contributed by atoms with Crippen molar-refractivity contribution in [1.29, 1.82) is 0 Å². The highest BCUT2D eigenvalue weighted by Crippen LogP contribution is 2.41. The van der Waals surface area contributed by atoms with Crippen LogP contribution < -0.4 is 31.2 Å². The summed E-state index contributed by atoms with van der Waals surface area (Å²) >= 11 is 5.45. The number of alkyl halides is 25. The summed E-state index contributed by atoms with van der Waals surface area (Å²) in [7, 11) is 0. The van der Waals surface area contributed by atoms with Crippen LogP contribution in [0.5, 0.6) is 5.88 Å². The van der Waals surface area contributed by atoms with Gasteiger partial charge in [0.1, 0.15) is 6.15 Å². The zero-order valence-electron chi connectivity index (χ0n) is 36.2. The van der Waals surface area contributed by atoms with Crippen LogP contribution in [0.25, 0.3) is 0 Å². The highest BCUT2D eigenvalue weighted by atomic mass is 35.5. The third kappa shape index (κ3) is 14.2. The summed E-state index contributed by atoms with van der Waals surface area (Å²) < 4.78 is 348. The number of nitrogens with zero attached hydrogens (tertiary/aromatic N) is 2. The highest BCUT2D eigenvalue weighted by Gasteiger charge is 2.47. The number of Topliss-reactive ketones (excluding diaryl/α,β-unsaturated/α-hetero) is 1. The van der Waals surface area contributed by atoms with E-state index in [1.165, 1.54) is 0 Å². The number of hydrogen-bond donors (Lipinski definition) is 0. The lowest BCUT2D eigenvalue weighted by Gasteiger charge is -2.46. The van der Waals surface area contributed by atoms with Crippen molar-refractivity contribution in [3.05, 3.63) is 172 Å². The molecule has 1 aromatic heterocycles. The molecule has 0 N–H and O–H groups in total. The maximum atomic E-state index is 14.2. The van der Waals surface area contributed by atoms with Crippen molar-refractivity contribution in [1.82, 2.24) is 4.98 Å². The van der Waals surface area contributed by atoms with Crippen LogP contribution in [0.4, 0.5) is 105 Å². The lowest BCUT2D eigenvalue weighted by molar-refractivity contribution is -0.684. The van der Waals surface area contributed by atoms with Crippen molar-refractivity contribution in [2.24, 2.45) is 0 Å². The molecule has 0 radical (unpaired) electrons. The molecule has 0 saturated heterocycles. The number of hydrogen-bond acceptors (Lipinski definition) is 3. The van der Waals surface area contributed by atoms with Crippen molar-refractivity contribution in [3.63, 3.8) is 0 Å². The van der Waals surface area contributed by atoms with Crippen molar-refractivity contribution in [3.8, 4) is 5.88 Å². The molecule has 0 bridgehead atoms. The van der Waals surface area contributed by atoms with E-state index >= 15 is 0 Å². The summed E-state index contributed by atoms with van der Waals surface area (Å²) in [6, 6.07) is 0.362. The lowest BCUT2D eigenvalue weighted by Crippen LogP contribution is -2.75. The van der Waals surface area contributed by atoms with E-state index in [-0.39, 0.29) is 18.4 Å². The number of halogens is 25. The average Bonchev–Trinajstić information content (AvgIpc) is 3.27. The van der Waals surface area contributed by atoms with Gasteiger partial charge < -0.3 is 4.74 Å². The van der Waals surface area contributed by atoms with Gasteiger partial charge in [-0.3, -0.25) is 4.79 Å². The van der Waals surface area contributed by atoms with E-state index in [0.717, 1.165) is 0 Å². The number of carbonyl (C=O) groups excluding carboxylic acids is 1. The van der Waals surface area contributed by atoms with E-state index in [9.17, 15) is 110 Å². The molecule has 0 aliphatic heterocycles. The van der Waals surface area contributed by atoms with Crippen LogP contribution in [0, 0.1) is 0 Å². The summed E-state index contributed by atoms with van der Waals surface area (Å²) in [6.07, 6.45) is -49.9. The van der Waals surface area contributed by atoms with Crippen LogP contribution in [0.3, 0.4) is 0 Å². The number of benzene rings is 5. The average molecular weight is 1130 g/mol. The SMILES string of the molecule is FC(F)(F)c1cc([B-](c2cc(C(F)(F)F)cc(C(F)(F)F)c2)(c2cc(C(F)(F)F)cc(C(F)(F)F)c2)c2cc(C(F)(F)F)cc(C(F)(F)F)c2)cc(C(F)(F)F)c1.O=C(C[n+]1ccnc(OCCl)c1)c1ccccc1. The minimum Gasteiger partial charge on any atom is -0.457 e. The van der Waals surface area contributed by atoms with Gasteiger partial charge in [-0.05, 0) is 24.3 Å². The second kappa shape index (κ2) is 20.8. The third-order valence-corrected chi connectivity index (χ3v) is 10.9. The van der Waals surface area contributed by atoms with E-state index in [1.54, 1.807) is 35.3 Å². The summed E-state index contributed by atoms with van der Waals surface area (Å²) in [6.45, 7) is 0.241. The van der Waals surface area contributed by atoms with Crippen LogP contribution in [-0.2, 0) is 56.0 Å². The Morgan fingerprint density at radius 1 is 0.440 bits per heavy atom. The molecule has 0 aliphatic rings. The normalized spacial score (nSPS) is 13.3. The van der Waals surface area contributed by atoms with Crippen LogP contribution in [0.15, 0.2) is 122 Å². The topological polar surface area (TPSA) is 43.1 Å². The summed E-state index contributed by atoms with van der Waals surface area (Å²) in [5, 5.41) is 0. The first-order chi connectivity index (χ1) is 34.1. The predicted octanol–water partition coefficient (Wildman–Crippen LogP) is 13.0. The van der Waals surface area contributed by atoms with E-state index < -0.39 is 195 Å². The molecule has 6 aromatic rings. The maximum absolute atomic E-state index is 14.2. The van der Waals surface area contributed by atoms with Crippen LogP contribution in [0.1, 0.15) is 54.9 Å². The van der Waals surface area contributed by atoms with Gasteiger partial charge >= 0.3 is 49.4 Å². The molecule has 0 unspecified atom stereocenters. The first-order valence-corrected chi connectivity index (χ1v) is 20.6. The third-order valence-electron chi connectivity index (χ3n) is 10.8. The predicted molar refractivity (Wildman–Crippen MR) is 217 cm³/mol. The molecule has 0 spiro atoms. The zero-order chi connectivity index (χ0) is 56.7. The molecule has 0 atom stereocenters. The van der Waals surface area contributed by atoms with E-state index in [0.29, 0.717) is 11.4 Å². The number of carbonyl (C=O) groups is 1. The summed E-state index contributed by atoms with van der Waals surface area (Å²) in [5.41, 5.74) is -29.5. The fraction of sp³-hybridized carbons (Fsp3) is 0.222. The molecule has 404 valence electrons. The van der Waals surface area contributed by atoms with Crippen LogP contribution in [-0.4, -0.2) is 23.0 Å². The van der Waals surface area contributed by atoms with Gasteiger partial charge in [0.05, 0.1) is 50.7 Å². The van der Waals surface area contributed by atoms with E-state index in [4.69, 9.17) is 16.3 Å². The van der Waals surface area contributed by atoms with Gasteiger partial charge in [-0.25, -0.2) is 4.98 Å². The summed E-state index contributed by atoms with van der Waals surface area (Å²) in [4.78, 5) is 15.9. The Hall–Kier alpha value is -6.68. The molecule has 30 heteroatoms. The van der Waals surface area contributed by atoms with Crippen LogP contribution in [0.2, 0.25) is 0 Å². The van der Waals surface area contributed by atoms with Gasteiger partial charge in [0.15, 0.2) is 12.3 Å². The smallest absolute Gasteiger partial charge is 0.416 e. The van der Waals surface area contributed by atoms with Gasteiger partial charge in [-0.1, -0.05) is 90.5 Å². The molecule has 75 heavy (non-hydrogen) atoms. The first-order valence-electron chi connectivity index (χ1n) is 20.0. The molecule has 0 amide bonds. The standard InChI is InChI=1S/C32H12BF24.C13H12ClN2O2/c34-25(35,36)13-1-14(26(37,38)39)6-21(5-13)33(22-7-15(27(40,41)42)2-16(8-22)28(43,44)45,23-9-17(29(46,47)48)3-18(10-23)30(49,50)51)24-11-19(31(52,53)54)4-20(12-24)32(55,56)57;14-10-18-13-9-16(7-6-15-13)8-12(17)11-4-2-1-3-5-11/h1-12H;1-7,9H,8,10H2/q-1;+1. The van der Waals surface area contributed by atoms with E-state index in [2.05, 4.69) is 4.98 Å². The number of ketones is 1. The quantitative estimate of drug-likeness (QED) is 0.0476. The van der Waals surface area contributed by atoms with Crippen molar-refractivity contribution >= 4 is 45.4 Å². The summed E-state index contributed by atoms with van der Waals surface area (Å²) in [5.74, 6) is 0.428. The van der Waals surface area contributed by atoms with Gasteiger partial charge in [0.25, 0.3) is 5.88 Å². The number of ether oxygens (including phenoxy) is 1. The minimum atomic E-state index is -6.13. The Morgan fingerprint density at radius 2 is 0.707 bits per heavy atom. The molecule has 0 fully saturated rings. The Kier molecular flexibility index (Phi) is 16.4. The Bertz CT molecular complexity index is 2570. The van der Waals surface area contributed by atoms with Crippen molar-refractivity contribution in [2.75, 3.05) is 6.07 Å².